The van der Waals surface area contributed by atoms with Crippen molar-refractivity contribution in [3.8, 4) is 11.5 Å². The first-order valence-corrected chi connectivity index (χ1v) is 7.32. The van der Waals surface area contributed by atoms with Crippen molar-refractivity contribution < 1.29 is 33.3 Å². The molecular weight excluding hydrogens is 303 g/mol. The Morgan fingerprint density at radius 2 is 1.86 bits per heavy atom. The second-order valence-corrected chi connectivity index (χ2v) is 6.41. The van der Waals surface area contributed by atoms with Crippen LogP contribution in [-0.2, 0) is 13.6 Å². The number of aromatic hydroxyl groups is 2. The summed E-state index contributed by atoms with van der Waals surface area (Å²) < 4.78 is 26.4. The Morgan fingerprint density at radius 1 is 1.24 bits per heavy atom. The number of benzene rings is 1. The molecule has 1 atom stereocenters. The molecule has 1 unspecified atom stereocenters. The fourth-order valence-electron chi connectivity index (χ4n) is 1.81. The summed E-state index contributed by atoms with van der Waals surface area (Å²) in [6.07, 6.45) is 0.833. The molecule has 21 heavy (non-hydrogen) atoms. The van der Waals surface area contributed by atoms with E-state index in [9.17, 15) is 24.7 Å². The summed E-state index contributed by atoms with van der Waals surface area (Å²) in [5.41, 5.74) is -1.33. The Balaban J connectivity index is 2.69. The first-order chi connectivity index (χ1) is 9.85. The highest BCUT2D eigenvalue weighted by Crippen LogP contribution is 2.57. The number of rotatable bonds is 4. The predicted octanol–water partition coefficient (Wildman–Crippen LogP) is 1.68. The van der Waals surface area contributed by atoms with Gasteiger partial charge in [0.15, 0.2) is 22.6 Å². The van der Waals surface area contributed by atoms with Gasteiger partial charge in [0.1, 0.15) is 6.26 Å². The van der Waals surface area contributed by atoms with E-state index in [1.807, 2.05) is 0 Å². The zero-order chi connectivity index (χ0) is 15.8. The molecule has 0 aliphatic carbocycles. The molecule has 1 aromatic carbocycles. The van der Waals surface area contributed by atoms with Gasteiger partial charge in [0, 0.05) is 14.2 Å². The summed E-state index contributed by atoms with van der Waals surface area (Å²) in [4.78, 5) is 12.3. The molecule has 8 nitrogen and oxygen atoms in total. The molecule has 3 N–H and O–H groups in total. The maximum absolute atomic E-state index is 12.3. The third-order valence-electron chi connectivity index (χ3n) is 3.01. The lowest BCUT2D eigenvalue weighted by molar-refractivity contribution is 0.174. The van der Waals surface area contributed by atoms with Gasteiger partial charge in [-0.05, 0) is 12.1 Å². The van der Waals surface area contributed by atoms with Gasteiger partial charge in [0.25, 0.3) is 0 Å². The first kappa shape index (κ1) is 15.5. The van der Waals surface area contributed by atoms with Gasteiger partial charge in [-0.25, -0.2) is 0 Å². The van der Waals surface area contributed by atoms with Gasteiger partial charge in [-0.15, -0.1) is 0 Å². The summed E-state index contributed by atoms with van der Waals surface area (Å²) in [6.45, 7) is 0. The topological polar surface area (TPSA) is 126 Å². The van der Waals surface area contributed by atoms with E-state index in [4.69, 9.17) is 4.42 Å². The largest absolute Gasteiger partial charge is 0.504 e. The SMILES string of the molecule is COP(=O)(OC)C(O)c1coc2c(O)c(O)ccc2c1=O. The summed E-state index contributed by atoms with van der Waals surface area (Å²) in [5.74, 6) is -2.91. The Kier molecular flexibility index (Phi) is 4.06. The summed E-state index contributed by atoms with van der Waals surface area (Å²) in [5, 5.41) is 28.9. The molecule has 9 heteroatoms. The van der Waals surface area contributed by atoms with Crippen molar-refractivity contribution in [2.75, 3.05) is 14.2 Å². The maximum atomic E-state index is 12.3. The van der Waals surface area contributed by atoms with Crippen LogP contribution in [0.1, 0.15) is 11.4 Å². The average molecular weight is 316 g/mol. The highest BCUT2D eigenvalue weighted by molar-refractivity contribution is 7.53. The fourth-order valence-corrected chi connectivity index (χ4v) is 2.88. The molecule has 2 rings (SSSR count). The van der Waals surface area contributed by atoms with Gasteiger partial charge >= 0.3 is 7.60 Å². The minimum atomic E-state index is -3.94. The number of hydrogen-bond donors (Lipinski definition) is 3. The van der Waals surface area contributed by atoms with Crippen molar-refractivity contribution in [2.24, 2.45) is 0 Å². The standard InChI is InChI=1S/C12H13O8P/c1-18-21(17,19-2)12(16)7-5-20-11-6(9(7)14)3-4-8(13)10(11)15/h3-5,12-13,15-16H,1-2H3. The van der Waals surface area contributed by atoms with E-state index in [1.54, 1.807) is 0 Å². The lowest BCUT2D eigenvalue weighted by atomic mass is 10.1. The van der Waals surface area contributed by atoms with E-state index >= 15 is 0 Å². The molecule has 2 aromatic rings. The van der Waals surface area contributed by atoms with Crippen molar-refractivity contribution in [3.63, 3.8) is 0 Å². The van der Waals surface area contributed by atoms with Crippen LogP contribution in [0.4, 0.5) is 0 Å². The van der Waals surface area contributed by atoms with E-state index in [0.717, 1.165) is 26.5 Å². The van der Waals surface area contributed by atoms with Crippen LogP contribution in [0.2, 0.25) is 0 Å². The molecule has 0 spiro atoms. The van der Waals surface area contributed by atoms with Crippen molar-refractivity contribution in [1.82, 2.24) is 0 Å². The Labute approximate surface area is 118 Å². The quantitative estimate of drug-likeness (QED) is 0.574. The zero-order valence-corrected chi connectivity index (χ0v) is 12.0. The zero-order valence-electron chi connectivity index (χ0n) is 11.1. The maximum Gasteiger partial charge on any atom is 0.363 e. The van der Waals surface area contributed by atoms with Gasteiger partial charge in [0.05, 0.1) is 10.9 Å². The van der Waals surface area contributed by atoms with E-state index in [1.165, 1.54) is 6.07 Å². The van der Waals surface area contributed by atoms with Crippen molar-refractivity contribution in [1.29, 1.82) is 0 Å². The third kappa shape index (κ3) is 2.43. The summed E-state index contributed by atoms with van der Waals surface area (Å²) in [7, 11) is -1.80. The summed E-state index contributed by atoms with van der Waals surface area (Å²) >= 11 is 0. The number of hydrogen-bond acceptors (Lipinski definition) is 8. The molecule has 0 radical (unpaired) electrons. The molecule has 1 aromatic heterocycles. The molecule has 0 saturated carbocycles. The van der Waals surface area contributed by atoms with Gasteiger partial charge in [0.2, 0.25) is 5.75 Å². The number of aliphatic hydroxyl groups is 1. The molecule has 114 valence electrons. The minimum Gasteiger partial charge on any atom is -0.504 e. The van der Waals surface area contributed by atoms with Crippen molar-refractivity contribution in [2.45, 2.75) is 5.85 Å². The van der Waals surface area contributed by atoms with Crippen LogP contribution < -0.4 is 5.43 Å². The molecule has 1 heterocycles. The van der Waals surface area contributed by atoms with Crippen LogP contribution in [0.5, 0.6) is 11.5 Å². The Bertz CT molecular complexity index is 773. The Morgan fingerprint density at radius 3 is 2.43 bits per heavy atom. The molecule has 0 aliphatic heterocycles. The predicted molar refractivity (Wildman–Crippen MR) is 72.4 cm³/mol. The summed E-state index contributed by atoms with van der Waals surface area (Å²) in [6, 6.07) is 2.30. The van der Waals surface area contributed by atoms with Crippen molar-refractivity contribution >= 4 is 18.6 Å². The average Bonchev–Trinajstić information content (AvgIpc) is 2.50. The smallest absolute Gasteiger partial charge is 0.363 e. The lowest BCUT2D eigenvalue weighted by Gasteiger charge is -2.19. The third-order valence-corrected chi connectivity index (χ3v) is 4.90. The minimum absolute atomic E-state index is 0.0967. The van der Waals surface area contributed by atoms with Crippen LogP contribution in [-0.4, -0.2) is 29.5 Å². The number of phenolic OH excluding ortho intramolecular Hbond substituents is 2. The number of phenols is 2. The van der Waals surface area contributed by atoms with Crippen LogP contribution >= 0.6 is 7.60 Å². The van der Waals surface area contributed by atoms with E-state index < -0.39 is 30.4 Å². The molecule has 0 saturated heterocycles. The van der Waals surface area contributed by atoms with E-state index in [-0.39, 0.29) is 16.5 Å². The van der Waals surface area contributed by atoms with Gasteiger partial charge in [-0.2, -0.15) is 0 Å². The second-order valence-electron chi connectivity index (χ2n) is 4.11. The molecule has 0 fully saturated rings. The molecule has 0 amide bonds. The van der Waals surface area contributed by atoms with Crippen LogP contribution in [0.3, 0.4) is 0 Å². The van der Waals surface area contributed by atoms with Crippen LogP contribution in [0.15, 0.2) is 27.6 Å². The van der Waals surface area contributed by atoms with Gasteiger partial charge in [-0.3, -0.25) is 9.36 Å². The molecule has 0 bridgehead atoms. The Hall–Kier alpha value is -1.86. The van der Waals surface area contributed by atoms with Crippen LogP contribution in [0.25, 0.3) is 11.0 Å². The monoisotopic (exact) mass is 316 g/mol. The van der Waals surface area contributed by atoms with Gasteiger partial charge < -0.3 is 28.8 Å². The van der Waals surface area contributed by atoms with Crippen LogP contribution in [0, 0.1) is 0 Å². The van der Waals surface area contributed by atoms with Crippen molar-refractivity contribution in [3.05, 3.63) is 34.2 Å². The highest BCUT2D eigenvalue weighted by Gasteiger charge is 2.36. The highest BCUT2D eigenvalue weighted by atomic mass is 31.2. The number of aliphatic hydroxyl groups excluding tert-OH is 1. The second kappa shape index (κ2) is 5.50. The van der Waals surface area contributed by atoms with Gasteiger partial charge in [-0.1, -0.05) is 0 Å². The van der Waals surface area contributed by atoms with E-state index in [2.05, 4.69) is 9.05 Å². The molecular formula is C12H13O8P. The first-order valence-electron chi connectivity index (χ1n) is 5.71. The fraction of sp³-hybridized carbons (Fsp3) is 0.250. The van der Waals surface area contributed by atoms with E-state index in [0.29, 0.717) is 0 Å². The normalized spacial score (nSPS) is 13.5. The molecule has 0 aliphatic rings. The number of fused-ring (bicyclic) bond motifs is 1. The lowest BCUT2D eigenvalue weighted by Crippen LogP contribution is -2.14.